The van der Waals surface area contributed by atoms with Crippen LogP contribution in [0.4, 0.5) is 24.5 Å². The SMILES string of the molecule is O=C1CCCN1CCC(=O)N1CCN(c2ccc(C(F)(F)F)cc2[N+](=O)[O-])CC1. The van der Waals surface area contributed by atoms with E-state index < -0.39 is 22.4 Å². The van der Waals surface area contributed by atoms with Gasteiger partial charge in [-0.15, -0.1) is 0 Å². The Balaban J connectivity index is 1.60. The lowest BCUT2D eigenvalue weighted by molar-refractivity contribution is -0.384. The van der Waals surface area contributed by atoms with Crippen LogP contribution >= 0.6 is 0 Å². The molecule has 29 heavy (non-hydrogen) atoms. The first-order valence-corrected chi connectivity index (χ1v) is 9.33. The van der Waals surface area contributed by atoms with Gasteiger partial charge in [0.05, 0.1) is 10.5 Å². The Morgan fingerprint density at radius 2 is 1.83 bits per heavy atom. The summed E-state index contributed by atoms with van der Waals surface area (Å²) in [5, 5.41) is 11.3. The topological polar surface area (TPSA) is 87.0 Å². The van der Waals surface area contributed by atoms with Crippen molar-refractivity contribution in [3.05, 3.63) is 33.9 Å². The maximum absolute atomic E-state index is 12.8. The zero-order valence-electron chi connectivity index (χ0n) is 15.7. The van der Waals surface area contributed by atoms with Gasteiger partial charge in [0.15, 0.2) is 0 Å². The van der Waals surface area contributed by atoms with Crippen LogP contribution in [-0.4, -0.2) is 65.8 Å². The van der Waals surface area contributed by atoms with Gasteiger partial charge in [-0.25, -0.2) is 0 Å². The number of carbonyl (C=O) groups is 2. The van der Waals surface area contributed by atoms with Crippen LogP contribution in [0.3, 0.4) is 0 Å². The van der Waals surface area contributed by atoms with Crippen molar-refractivity contribution >= 4 is 23.2 Å². The molecule has 0 aromatic heterocycles. The number of carbonyl (C=O) groups excluding carboxylic acids is 2. The van der Waals surface area contributed by atoms with E-state index >= 15 is 0 Å². The van der Waals surface area contributed by atoms with Crippen LogP contribution in [0.5, 0.6) is 0 Å². The van der Waals surface area contributed by atoms with Crippen molar-refractivity contribution in [2.24, 2.45) is 0 Å². The fraction of sp³-hybridized carbons (Fsp3) is 0.556. The Morgan fingerprint density at radius 1 is 1.14 bits per heavy atom. The Kier molecular flexibility index (Phi) is 5.94. The lowest BCUT2D eigenvalue weighted by Gasteiger charge is -2.36. The molecule has 0 N–H and O–H groups in total. The van der Waals surface area contributed by atoms with Crippen molar-refractivity contribution in [3.8, 4) is 0 Å². The van der Waals surface area contributed by atoms with Crippen molar-refractivity contribution in [2.45, 2.75) is 25.4 Å². The lowest BCUT2D eigenvalue weighted by Crippen LogP contribution is -2.49. The molecular formula is C18H21F3N4O4. The summed E-state index contributed by atoms with van der Waals surface area (Å²) in [5.74, 6) is -0.0523. The quantitative estimate of drug-likeness (QED) is 0.545. The smallest absolute Gasteiger partial charge is 0.362 e. The van der Waals surface area contributed by atoms with Gasteiger partial charge in [0, 0.05) is 58.2 Å². The van der Waals surface area contributed by atoms with Crippen molar-refractivity contribution in [2.75, 3.05) is 44.2 Å². The normalized spacial score (nSPS) is 17.8. The Bertz CT molecular complexity index is 807. The molecule has 2 fully saturated rings. The molecule has 3 rings (SSSR count). The monoisotopic (exact) mass is 414 g/mol. The molecule has 8 nitrogen and oxygen atoms in total. The van der Waals surface area contributed by atoms with Gasteiger partial charge in [-0.1, -0.05) is 0 Å². The first-order chi connectivity index (χ1) is 13.7. The number of hydrogen-bond donors (Lipinski definition) is 0. The average Bonchev–Trinajstić information content (AvgIpc) is 3.10. The van der Waals surface area contributed by atoms with Gasteiger partial charge < -0.3 is 14.7 Å². The van der Waals surface area contributed by atoms with Crippen molar-refractivity contribution in [1.29, 1.82) is 0 Å². The van der Waals surface area contributed by atoms with Crippen LogP contribution in [0.25, 0.3) is 0 Å². The molecule has 0 atom stereocenters. The Morgan fingerprint density at radius 3 is 2.38 bits per heavy atom. The van der Waals surface area contributed by atoms with Crippen molar-refractivity contribution in [1.82, 2.24) is 9.80 Å². The second-order valence-corrected chi connectivity index (χ2v) is 7.06. The number of likely N-dealkylation sites (tertiary alicyclic amines) is 1. The zero-order valence-corrected chi connectivity index (χ0v) is 15.7. The number of hydrogen-bond acceptors (Lipinski definition) is 5. The van der Waals surface area contributed by atoms with E-state index in [1.807, 2.05) is 0 Å². The molecule has 0 aliphatic carbocycles. The summed E-state index contributed by atoms with van der Waals surface area (Å²) >= 11 is 0. The lowest BCUT2D eigenvalue weighted by atomic mass is 10.1. The number of nitrogens with zero attached hydrogens (tertiary/aromatic N) is 4. The number of benzene rings is 1. The third-order valence-electron chi connectivity index (χ3n) is 5.24. The fourth-order valence-corrected chi connectivity index (χ4v) is 3.64. The third kappa shape index (κ3) is 4.77. The molecule has 0 saturated carbocycles. The van der Waals surface area contributed by atoms with Gasteiger partial charge in [0.1, 0.15) is 5.69 Å². The molecule has 2 aliphatic heterocycles. The van der Waals surface area contributed by atoms with Crippen LogP contribution in [0.1, 0.15) is 24.8 Å². The molecule has 2 saturated heterocycles. The minimum absolute atomic E-state index is 0.0530. The van der Waals surface area contributed by atoms with E-state index in [0.29, 0.717) is 38.7 Å². The molecule has 1 aromatic carbocycles. The fourth-order valence-electron chi connectivity index (χ4n) is 3.64. The number of nitro benzene ring substituents is 1. The molecule has 2 heterocycles. The highest BCUT2D eigenvalue weighted by molar-refractivity contribution is 5.80. The molecule has 11 heteroatoms. The van der Waals surface area contributed by atoms with Crippen LogP contribution < -0.4 is 4.90 Å². The summed E-state index contributed by atoms with van der Waals surface area (Å²) in [7, 11) is 0. The van der Waals surface area contributed by atoms with Crippen LogP contribution in [0.15, 0.2) is 18.2 Å². The van der Waals surface area contributed by atoms with Gasteiger partial charge in [-0.05, 0) is 18.6 Å². The standard InChI is InChI=1S/C18H21F3N4O4/c19-18(20,21)13-3-4-14(15(12-13)25(28)29)22-8-10-24(11-9-22)17(27)5-7-23-6-1-2-16(23)26/h3-4,12H,1-2,5-11H2. The molecule has 0 radical (unpaired) electrons. The van der Waals surface area contributed by atoms with E-state index in [1.165, 1.54) is 0 Å². The molecule has 0 bridgehead atoms. The predicted octanol–water partition coefficient (Wildman–Crippen LogP) is 2.27. The average molecular weight is 414 g/mol. The van der Waals surface area contributed by atoms with E-state index in [1.54, 1.807) is 14.7 Å². The molecule has 0 spiro atoms. The van der Waals surface area contributed by atoms with E-state index in [2.05, 4.69) is 0 Å². The molecule has 2 amide bonds. The van der Waals surface area contributed by atoms with Crippen LogP contribution in [0.2, 0.25) is 0 Å². The van der Waals surface area contributed by atoms with Crippen LogP contribution in [-0.2, 0) is 15.8 Å². The number of halogens is 3. The third-order valence-corrected chi connectivity index (χ3v) is 5.24. The van der Waals surface area contributed by atoms with Gasteiger partial charge in [-0.2, -0.15) is 13.2 Å². The molecule has 158 valence electrons. The molecular weight excluding hydrogens is 393 g/mol. The molecule has 1 aromatic rings. The molecule has 0 unspecified atom stereocenters. The van der Waals surface area contributed by atoms with E-state index in [0.717, 1.165) is 18.6 Å². The number of rotatable bonds is 5. The van der Waals surface area contributed by atoms with Crippen molar-refractivity contribution in [3.63, 3.8) is 0 Å². The summed E-state index contributed by atoms with van der Waals surface area (Å²) in [6.07, 6.45) is -3.13. The van der Waals surface area contributed by atoms with Crippen LogP contribution in [0, 0.1) is 10.1 Å². The van der Waals surface area contributed by atoms with Crippen molar-refractivity contribution < 1.29 is 27.7 Å². The highest BCUT2D eigenvalue weighted by Gasteiger charge is 2.34. The number of piperazine rings is 1. The number of nitro groups is 1. The van der Waals surface area contributed by atoms with Gasteiger partial charge in [-0.3, -0.25) is 19.7 Å². The predicted molar refractivity (Wildman–Crippen MR) is 97.3 cm³/mol. The molecule has 2 aliphatic rings. The first kappa shape index (κ1) is 20.9. The first-order valence-electron chi connectivity index (χ1n) is 9.33. The minimum Gasteiger partial charge on any atom is -0.362 e. The van der Waals surface area contributed by atoms with E-state index in [-0.39, 0.29) is 37.0 Å². The highest BCUT2D eigenvalue weighted by Crippen LogP contribution is 2.36. The minimum atomic E-state index is -4.66. The maximum atomic E-state index is 12.8. The van der Waals surface area contributed by atoms with Gasteiger partial charge >= 0.3 is 6.18 Å². The Hall–Kier alpha value is -2.85. The second kappa shape index (κ2) is 8.26. The summed E-state index contributed by atoms with van der Waals surface area (Å²) in [5.41, 5.74) is -1.57. The Labute approximate surface area is 165 Å². The summed E-state index contributed by atoms with van der Waals surface area (Å²) in [4.78, 5) is 39.3. The highest BCUT2D eigenvalue weighted by atomic mass is 19.4. The van der Waals surface area contributed by atoms with E-state index in [4.69, 9.17) is 0 Å². The number of anilines is 1. The zero-order chi connectivity index (χ0) is 21.2. The summed E-state index contributed by atoms with van der Waals surface area (Å²) in [6.45, 7) is 2.22. The van der Waals surface area contributed by atoms with E-state index in [9.17, 15) is 32.9 Å². The largest absolute Gasteiger partial charge is 0.416 e. The number of amides is 2. The summed E-state index contributed by atoms with van der Waals surface area (Å²) < 4.78 is 38.5. The number of alkyl halides is 3. The second-order valence-electron chi connectivity index (χ2n) is 7.06. The maximum Gasteiger partial charge on any atom is 0.416 e. The summed E-state index contributed by atoms with van der Waals surface area (Å²) in [6, 6.07) is 2.48. The van der Waals surface area contributed by atoms with Gasteiger partial charge in [0.2, 0.25) is 11.8 Å². The van der Waals surface area contributed by atoms with Gasteiger partial charge in [0.25, 0.3) is 5.69 Å².